The zero-order chi connectivity index (χ0) is 22.4. The number of rotatable bonds is 7. The van der Waals surface area contributed by atoms with E-state index in [-0.39, 0.29) is 17.0 Å². The van der Waals surface area contributed by atoms with Gasteiger partial charge in [0.1, 0.15) is 11.3 Å². The Morgan fingerprint density at radius 1 is 1.10 bits per heavy atom. The summed E-state index contributed by atoms with van der Waals surface area (Å²) in [5, 5.41) is 9.36. The van der Waals surface area contributed by atoms with Crippen molar-refractivity contribution >= 4 is 22.9 Å². The van der Waals surface area contributed by atoms with E-state index in [1.807, 2.05) is 6.92 Å². The van der Waals surface area contributed by atoms with Crippen LogP contribution in [0.3, 0.4) is 0 Å². The highest BCUT2D eigenvalue weighted by molar-refractivity contribution is 6.24. The molecule has 2 N–H and O–H groups in total. The number of benzene rings is 2. The highest BCUT2D eigenvalue weighted by Gasteiger charge is 2.30. The van der Waals surface area contributed by atoms with Gasteiger partial charge in [0.05, 0.1) is 17.9 Å². The molecule has 3 rings (SSSR count). The van der Waals surface area contributed by atoms with Crippen molar-refractivity contribution < 1.29 is 27.2 Å². The third-order valence-corrected chi connectivity index (χ3v) is 4.16. The van der Waals surface area contributed by atoms with Gasteiger partial charge in [-0.2, -0.15) is 13.2 Å². The summed E-state index contributed by atoms with van der Waals surface area (Å²) >= 11 is 0. The first-order chi connectivity index (χ1) is 14.8. The predicted molar refractivity (Wildman–Crippen MR) is 111 cm³/mol. The number of ether oxygens (including phenoxy) is 1. The van der Waals surface area contributed by atoms with Crippen LogP contribution >= 0.6 is 0 Å². The fourth-order valence-electron chi connectivity index (χ4n) is 2.65. The van der Waals surface area contributed by atoms with Crippen molar-refractivity contribution in [1.82, 2.24) is 5.16 Å². The van der Waals surface area contributed by atoms with Gasteiger partial charge in [-0.1, -0.05) is 5.16 Å². The van der Waals surface area contributed by atoms with E-state index in [0.717, 1.165) is 12.1 Å². The van der Waals surface area contributed by atoms with E-state index < -0.39 is 17.6 Å². The average molecular weight is 431 g/mol. The van der Waals surface area contributed by atoms with Crippen molar-refractivity contribution in [3.8, 4) is 5.75 Å². The maximum absolute atomic E-state index is 12.8. The lowest BCUT2D eigenvalue weighted by Gasteiger charge is -2.10. The zero-order valence-corrected chi connectivity index (χ0v) is 16.8. The molecule has 0 fully saturated rings. The summed E-state index contributed by atoms with van der Waals surface area (Å²) in [6, 6.07) is 12.9. The number of hydrogen-bond donors (Lipinski definition) is 2. The van der Waals surface area contributed by atoms with Gasteiger partial charge in [-0.15, -0.1) is 0 Å². The van der Waals surface area contributed by atoms with Gasteiger partial charge < -0.3 is 19.9 Å². The largest absolute Gasteiger partial charge is 0.494 e. The minimum Gasteiger partial charge on any atom is -0.494 e. The summed E-state index contributed by atoms with van der Waals surface area (Å²) in [6.45, 7) is 4.14. The van der Waals surface area contributed by atoms with Crippen LogP contribution in [0.2, 0.25) is 0 Å². The van der Waals surface area contributed by atoms with Gasteiger partial charge in [0.25, 0.3) is 5.91 Å². The van der Waals surface area contributed by atoms with Gasteiger partial charge >= 0.3 is 6.18 Å². The van der Waals surface area contributed by atoms with Crippen molar-refractivity contribution in [3.05, 3.63) is 77.8 Å². The molecule has 162 valence electrons. The summed E-state index contributed by atoms with van der Waals surface area (Å²) in [5.74, 6) is 0.345. The number of halogens is 3. The molecule has 0 bridgehead atoms. The molecule has 6 nitrogen and oxygen atoms in total. The van der Waals surface area contributed by atoms with Gasteiger partial charge in [0.2, 0.25) is 0 Å². The van der Waals surface area contributed by atoms with Crippen molar-refractivity contribution in [2.75, 3.05) is 17.2 Å². The molecule has 0 saturated carbocycles. The molecule has 2 aromatic carbocycles. The van der Waals surface area contributed by atoms with Gasteiger partial charge in [-0.25, -0.2) is 0 Å². The molecule has 0 radical (unpaired) electrons. The molecule has 0 aliphatic rings. The lowest BCUT2D eigenvalue weighted by Crippen LogP contribution is -2.15. The average Bonchev–Trinajstić information content (AvgIpc) is 3.15. The fraction of sp³-hybridized carbons (Fsp3) is 0.182. The molecule has 3 aromatic rings. The fourth-order valence-corrected chi connectivity index (χ4v) is 2.65. The number of alkyl halides is 3. The monoisotopic (exact) mass is 431 g/mol. The van der Waals surface area contributed by atoms with E-state index in [2.05, 4.69) is 15.8 Å². The van der Waals surface area contributed by atoms with E-state index in [1.165, 1.54) is 18.3 Å². The summed E-state index contributed by atoms with van der Waals surface area (Å²) in [5.41, 5.74) is 0.795. The summed E-state index contributed by atoms with van der Waals surface area (Å²) < 4.78 is 48.8. The molecular weight excluding hydrogens is 411 g/mol. The van der Waals surface area contributed by atoms with E-state index in [4.69, 9.17) is 9.26 Å². The quantitative estimate of drug-likeness (QED) is 0.484. The van der Waals surface area contributed by atoms with Gasteiger partial charge in [-0.3, -0.25) is 4.79 Å². The summed E-state index contributed by atoms with van der Waals surface area (Å²) in [7, 11) is 0. The molecular formula is C22H20F3N3O3. The Morgan fingerprint density at radius 3 is 2.29 bits per heavy atom. The second-order valence-corrected chi connectivity index (χ2v) is 6.52. The molecule has 0 saturated heterocycles. The van der Waals surface area contributed by atoms with Crippen LogP contribution in [0.4, 0.5) is 24.5 Å². The van der Waals surface area contributed by atoms with Crippen molar-refractivity contribution in [1.29, 1.82) is 0 Å². The van der Waals surface area contributed by atoms with Crippen LogP contribution in [-0.2, 0) is 11.0 Å². The molecule has 1 heterocycles. The van der Waals surface area contributed by atoms with Crippen LogP contribution in [0.15, 0.2) is 65.3 Å². The topological polar surface area (TPSA) is 76.4 Å². The Labute approximate surface area is 176 Å². The Bertz CT molecular complexity index is 1060. The normalized spacial score (nSPS) is 11.8. The smallest absolute Gasteiger partial charge is 0.416 e. The molecule has 0 aliphatic carbocycles. The van der Waals surface area contributed by atoms with Crippen LogP contribution in [0.5, 0.6) is 5.75 Å². The van der Waals surface area contributed by atoms with E-state index >= 15 is 0 Å². The Balaban J connectivity index is 1.80. The van der Waals surface area contributed by atoms with Crippen LogP contribution in [0.25, 0.3) is 5.57 Å². The molecule has 1 aromatic heterocycles. The lowest BCUT2D eigenvalue weighted by atomic mass is 10.1. The highest BCUT2D eigenvalue weighted by Crippen LogP contribution is 2.30. The third kappa shape index (κ3) is 5.88. The van der Waals surface area contributed by atoms with Gasteiger partial charge in [0, 0.05) is 23.6 Å². The van der Waals surface area contributed by atoms with Crippen LogP contribution in [-0.4, -0.2) is 17.7 Å². The maximum Gasteiger partial charge on any atom is 0.416 e. The lowest BCUT2D eigenvalue weighted by molar-refractivity contribution is -0.137. The van der Waals surface area contributed by atoms with Crippen LogP contribution in [0.1, 0.15) is 23.9 Å². The molecule has 1 amide bonds. The number of nitrogens with zero attached hydrogens (tertiary/aromatic N) is 1. The number of anilines is 2. The number of amides is 1. The minimum atomic E-state index is -4.45. The number of nitrogens with one attached hydrogen (secondary N) is 2. The second kappa shape index (κ2) is 9.38. The SMILES string of the molecule is CCOc1ccc(NC=C(C(=O)Nc2ccc(C(F)(F)F)cc2)c2cc(C)no2)cc1. The summed E-state index contributed by atoms with van der Waals surface area (Å²) in [6.07, 6.45) is -3.01. The van der Waals surface area contributed by atoms with Crippen molar-refractivity contribution in [2.45, 2.75) is 20.0 Å². The molecule has 0 aliphatic heterocycles. The number of aryl methyl sites for hydroxylation is 1. The Morgan fingerprint density at radius 2 is 1.74 bits per heavy atom. The number of carbonyl (C=O) groups excluding carboxylic acids is 1. The van der Waals surface area contributed by atoms with Crippen molar-refractivity contribution in [3.63, 3.8) is 0 Å². The van der Waals surface area contributed by atoms with Crippen LogP contribution in [0, 0.1) is 6.92 Å². The third-order valence-electron chi connectivity index (χ3n) is 4.16. The first-order valence-corrected chi connectivity index (χ1v) is 9.38. The van der Waals surface area contributed by atoms with Gasteiger partial charge in [0.15, 0.2) is 5.76 Å². The van der Waals surface area contributed by atoms with Crippen LogP contribution < -0.4 is 15.4 Å². The molecule has 0 spiro atoms. The van der Waals surface area contributed by atoms with E-state index in [9.17, 15) is 18.0 Å². The van der Waals surface area contributed by atoms with Gasteiger partial charge in [-0.05, 0) is 62.4 Å². The van der Waals surface area contributed by atoms with E-state index in [0.29, 0.717) is 23.7 Å². The number of aromatic nitrogens is 1. The number of hydrogen-bond acceptors (Lipinski definition) is 5. The predicted octanol–water partition coefficient (Wildman–Crippen LogP) is 5.49. The Hall–Kier alpha value is -3.75. The van der Waals surface area contributed by atoms with E-state index in [1.54, 1.807) is 37.3 Å². The second-order valence-electron chi connectivity index (χ2n) is 6.52. The Kier molecular flexibility index (Phi) is 6.64. The first kappa shape index (κ1) is 21.9. The zero-order valence-electron chi connectivity index (χ0n) is 16.8. The first-order valence-electron chi connectivity index (χ1n) is 9.38. The molecule has 9 heteroatoms. The molecule has 31 heavy (non-hydrogen) atoms. The molecule has 0 unspecified atom stereocenters. The maximum atomic E-state index is 12.8. The van der Waals surface area contributed by atoms with Crippen molar-refractivity contribution in [2.24, 2.45) is 0 Å². The highest BCUT2D eigenvalue weighted by atomic mass is 19.4. The standard InChI is InChI=1S/C22H20F3N3O3/c1-3-30-18-10-8-16(9-11-18)26-13-19(20-12-14(2)28-31-20)21(29)27-17-6-4-15(5-7-17)22(23,24)25/h4-13,26H,3H2,1-2H3,(H,27,29). The number of carbonyl (C=O) groups is 1. The minimum absolute atomic E-state index is 0.120. The molecule has 0 atom stereocenters. The summed E-state index contributed by atoms with van der Waals surface area (Å²) in [4.78, 5) is 12.8.